The number of nitrogens with zero attached hydrogens (tertiary/aromatic N) is 4. The standard InChI is InChI=1S/C22H34N4O/c27-22(26-16-14-24(15-17-26)20-6-2-1-3-7-20)9-8-19-10-11-23-21(18-19)25-12-4-5-13-25/h10-11,18,20H,1-9,12-17H2. The Morgan fingerprint density at radius 1 is 0.963 bits per heavy atom. The van der Waals surface area contributed by atoms with E-state index in [9.17, 15) is 4.79 Å². The first-order valence-corrected chi connectivity index (χ1v) is 11.0. The van der Waals surface area contributed by atoms with Crippen LogP contribution in [0.4, 0.5) is 5.82 Å². The Hall–Kier alpha value is -1.62. The van der Waals surface area contributed by atoms with Crippen LogP contribution < -0.4 is 4.90 Å². The van der Waals surface area contributed by atoms with Crippen LogP contribution in [-0.4, -0.2) is 66.0 Å². The molecule has 2 saturated heterocycles. The molecule has 1 aliphatic carbocycles. The van der Waals surface area contributed by atoms with Gasteiger partial charge in [0.2, 0.25) is 5.91 Å². The Labute approximate surface area is 163 Å². The molecule has 1 aromatic heterocycles. The van der Waals surface area contributed by atoms with E-state index in [2.05, 4.69) is 31.8 Å². The lowest BCUT2D eigenvalue weighted by Crippen LogP contribution is -2.52. The number of aromatic nitrogens is 1. The van der Waals surface area contributed by atoms with Crippen LogP contribution >= 0.6 is 0 Å². The molecule has 148 valence electrons. The van der Waals surface area contributed by atoms with Crippen molar-refractivity contribution < 1.29 is 4.79 Å². The molecule has 1 aromatic rings. The molecule has 3 heterocycles. The van der Waals surface area contributed by atoms with Crippen molar-refractivity contribution in [1.29, 1.82) is 0 Å². The number of piperazine rings is 1. The maximum absolute atomic E-state index is 12.7. The van der Waals surface area contributed by atoms with E-state index in [1.165, 1.54) is 50.5 Å². The summed E-state index contributed by atoms with van der Waals surface area (Å²) in [5, 5.41) is 0. The summed E-state index contributed by atoms with van der Waals surface area (Å²) in [5.74, 6) is 1.40. The fourth-order valence-electron chi connectivity index (χ4n) is 4.93. The first-order valence-electron chi connectivity index (χ1n) is 11.0. The van der Waals surface area contributed by atoms with Gasteiger partial charge in [-0.25, -0.2) is 4.98 Å². The topological polar surface area (TPSA) is 39.7 Å². The van der Waals surface area contributed by atoms with Crippen LogP contribution in [0.1, 0.15) is 56.9 Å². The van der Waals surface area contributed by atoms with Crippen molar-refractivity contribution in [2.45, 2.75) is 63.8 Å². The zero-order valence-electron chi connectivity index (χ0n) is 16.6. The number of rotatable bonds is 5. The summed E-state index contributed by atoms with van der Waals surface area (Å²) in [6.07, 6.45) is 12.8. The van der Waals surface area contributed by atoms with Gasteiger partial charge in [-0.05, 0) is 49.8 Å². The summed E-state index contributed by atoms with van der Waals surface area (Å²) in [4.78, 5) is 24.3. The van der Waals surface area contributed by atoms with Crippen LogP contribution in [0.2, 0.25) is 0 Å². The van der Waals surface area contributed by atoms with Gasteiger partial charge in [-0.3, -0.25) is 9.69 Å². The van der Waals surface area contributed by atoms with Gasteiger partial charge in [-0.1, -0.05) is 19.3 Å². The van der Waals surface area contributed by atoms with E-state index in [-0.39, 0.29) is 0 Å². The number of aryl methyl sites for hydroxylation is 1. The molecule has 1 amide bonds. The van der Waals surface area contributed by atoms with Gasteiger partial charge in [-0.15, -0.1) is 0 Å². The minimum Gasteiger partial charge on any atom is -0.357 e. The number of amides is 1. The van der Waals surface area contributed by atoms with Crippen molar-refractivity contribution in [2.75, 3.05) is 44.2 Å². The highest BCUT2D eigenvalue weighted by atomic mass is 16.2. The molecular formula is C22H34N4O. The molecule has 0 unspecified atom stereocenters. The molecule has 0 atom stereocenters. The van der Waals surface area contributed by atoms with Crippen LogP contribution in [0.3, 0.4) is 0 Å². The van der Waals surface area contributed by atoms with E-state index >= 15 is 0 Å². The Kier molecular flexibility index (Phi) is 6.28. The monoisotopic (exact) mass is 370 g/mol. The van der Waals surface area contributed by atoms with Gasteiger partial charge in [0.1, 0.15) is 5.82 Å². The summed E-state index contributed by atoms with van der Waals surface area (Å²) in [6, 6.07) is 5.02. The molecule has 5 heteroatoms. The van der Waals surface area contributed by atoms with Crippen molar-refractivity contribution in [3.63, 3.8) is 0 Å². The number of pyridine rings is 1. The Bertz CT molecular complexity index is 614. The van der Waals surface area contributed by atoms with Gasteiger partial charge in [0.25, 0.3) is 0 Å². The van der Waals surface area contributed by atoms with Crippen molar-refractivity contribution in [1.82, 2.24) is 14.8 Å². The second kappa shape index (κ2) is 9.05. The van der Waals surface area contributed by atoms with Crippen molar-refractivity contribution in [3.8, 4) is 0 Å². The number of hydrogen-bond acceptors (Lipinski definition) is 4. The summed E-state index contributed by atoms with van der Waals surface area (Å²) in [7, 11) is 0. The largest absolute Gasteiger partial charge is 0.357 e. The maximum atomic E-state index is 12.7. The molecule has 5 nitrogen and oxygen atoms in total. The van der Waals surface area contributed by atoms with E-state index in [0.717, 1.165) is 57.5 Å². The van der Waals surface area contributed by atoms with Crippen molar-refractivity contribution in [3.05, 3.63) is 23.9 Å². The van der Waals surface area contributed by atoms with Gasteiger partial charge in [0.15, 0.2) is 0 Å². The highest BCUT2D eigenvalue weighted by Crippen LogP contribution is 2.24. The zero-order chi connectivity index (χ0) is 18.5. The van der Waals surface area contributed by atoms with Gasteiger partial charge >= 0.3 is 0 Å². The third-order valence-electron chi connectivity index (χ3n) is 6.63. The number of carbonyl (C=O) groups is 1. The molecule has 0 radical (unpaired) electrons. The smallest absolute Gasteiger partial charge is 0.222 e. The predicted octanol–water partition coefficient (Wildman–Crippen LogP) is 3.09. The van der Waals surface area contributed by atoms with E-state index in [1.54, 1.807) is 0 Å². The fraction of sp³-hybridized carbons (Fsp3) is 0.727. The van der Waals surface area contributed by atoms with Crippen molar-refractivity contribution >= 4 is 11.7 Å². The molecule has 3 aliphatic rings. The summed E-state index contributed by atoms with van der Waals surface area (Å²) >= 11 is 0. The molecule has 0 spiro atoms. The van der Waals surface area contributed by atoms with Crippen LogP contribution in [0.15, 0.2) is 18.3 Å². The van der Waals surface area contributed by atoms with Gasteiger partial charge < -0.3 is 9.80 Å². The molecule has 1 saturated carbocycles. The normalized spacial score (nSPS) is 22.4. The summed E-state index contributed by atoms with van der Waals surface area (Å²) in [6.45, 7) is 6.16. The molecule has 0 bridgehead atoms. The molecule has 0 N–H and O–H groups in total. The van der Waals surface area contributed by atoms with Gasteiger partial charge in [0.05, 0.1) is 0 Å². The minimum absolute atomic E-state index is 0.317. The predicted molar refractivity (Wildman–Crippen MR) is 109 cm³/mol. The lowest BCUT2D eigenvalue weighted by Gasteiger charge is -2.40. The average Bonchev–Trinajstić information content (AvgIpc) is 3.28. The first-order chi connectivity index (χ1) is 13.3. The molecular weight excluding hydrogens is 336 g/mol. The maximum Gasteiger partial charge on any atom is 0.222 e. The third kappa shape index (κ3) is 4.81. The van der Waals surface area contributed by atoms with Crippen molar-refractivity contribution in [2.24, 2.45) is 0 Å². The van der Waals surface area contributed by atoms with Crippen LogP contribution in [0.5, 0.6) is 0 Å². The molecule has 2 aliphatic heterocycles. The van der Waals surface area contributed by atoms with Gasteiger partial charge in [0, 0.05) is 57.9 Å². The lowest BCUT2D eigenvalue weighted by molar-refractivity contribution is -0.133. The van der Waals surface area contributed by atoms with Crippen LogP contribution in [-0.2, 0) is 11.2 Å². The Balaban J connectivity index is 1.23. The van der Waals surface area contributed by atoms with Gasteiger partial charge in [-0.2, -0.15) is 0 Å². The second-order valence-electron chi connectivity index (χ2n) is 8.43. The number of carbonyl (C=O) groups excluding carboxylic acids is 1. The number of hydrogen-bond donors (Lipinski definition) is 0. The van der Waals surface area contributed by atoms with E-state index in [0.29, 0.717) is 12.3 Å². The molecule has 27 heavy (non-hydrogen) atoms. The first kappa shape index (κ1) is 18.7. The summed E-state index contributed by atoms with van der Waals surface area (Å²) < 4.78 is 0. The SMILES string of the molecule is O=C(CCc1ccnc(N2CCCC2)c1)N1CCN(C2CCCCC2)CC1. The lowest BCUT2D eigenvalue weighted by atomic mass is 9.94. The van der Waals surface area contributed by atoms with E-state index in [1.807, 2.05) is 6.20 Å². The average molecular weight is 371 g/mol. The second-order valence-corrected chi connectivity index (χ2v) is 8.43. The minimum atomic E-state index is 0.317. The highest BCUT2D eigenvalue weighted by Gasteiger charge is 2.26. The van der Waals surface area contributed by atoms with E-state index < -0.39 is 0 Å². The highest BCUT2D eigenvalue weighted by molar-refractivity contribution is 5.76. The quantitative estimate of drug-likeness (QED) is 0.798. The Morgan fingerprint density at radius 2 is 1.70 bits per heavy atom. The molecule has 0 aromatic carbocycles. The zero-order valence-corrected chi connectivity index (χ0v) is 16.6. The summed E-state index contributed by atoms with van der Waals surface area (Å²) in [5.41, 5.74) is 1.24. The third-order valence-corrected chi connectivity index (χ3v) is 6.63. The fourth-order valence-corrected chi connectivity index (χ4v) is 4.93. The Morgan fingerprint density at radius 3 is 2.44 bits per heavy atom. The van der Waals surface area contributed by atoms with E-state index in [4.69, 9.17) is 0 Å². The molecule has 4 rings (SSSR count). The van der Waals surface area contributed by atoms with Crippen LogP contribution in [0, 0.1) is 0 Å². The van der Waals surface area contributed by atoms with Crippen LogP contribution in [0.25, 0.3) is 0 Å². The number of anilines is 1. The molecule has 3 fully saturated rings.